The Bertz CT molecular complexity index is 841. The molecular weight excluding hydrogens is 316 g/mol. The topological polar surface area (TPSA) is 68.1 Å². The highest BCUT2D eigenvalue weighted by Crippen LogP contribution is 2.22. The fourth-order valence-electron chi connectivity index (χ4n) is 3.07. The van der Waals surface area contributed by atoms with Crippen LogP contribution in [0.2, 0.25) is 0 Å². The molecule has 4 rings (SSSR count). The predicted molar refractivity (Wildman–Crippen MR) is 97.1 cm³/mol. The van der Waals surface area contributed by atoms with E-state index in [1.807, 2.05) is 48.1 Å². The number of rotatable bonds is 5. The van der Waals surface area contributed by atoms with Gasteiger partial charge in [0.1, 0.15) is 11.6 Å². The number of morpholine rings is 1. The average molecular weight is 338 g/mol. The maximum absolute atomic E-state index is 5.39. The number of fused-ring (bicyclic) bond motifs is 1. The van der Waals surface area contributed by atoms with Gasteiger partial charge in [-0.2, -0.15) is 5.10 Å². The molecule has 25 heavy (non-hydrogen) atoms. The molecule has 0 bridgehead atoms. The van der Waals surface area contributed by atoms with Crippen molar-refractivity contribution in [2.24, 2.45) is 0 Å². The number of nitrogens with one attached hydrogen (secondary N) is 1. The van der Waals surface area contributed by atoms with Crippen molar-refractivity contribution in [3.8, 4) is 5.69 Å². The maximum atomic E-state index is 5.39. The second kappa shape index (κ2) is 7.16. The zero-order valence-corrected chi connectivity index (χ0v) is 14.4. The van der Waals surface area contributed by atoms with Crippen LogP contribution in [0.5, 0.6) is 0 Å². The third-order valence-corrected chi connectivity index (χ3v) is 4.37. The summed E-state index contributed by atoms with van der Waals surface area (Å²) in [6.45, 7) is 7.34. The van der Waals surface area contributed by atoms with Crippen molar-refractivity contribution < 1.29 is 4.74 Å². The Balaban J connectivity index is 1.56. The van der Waals surface area contributed by atoms with Gasteiger partial charge in [0.25, 0.3) is 0 Å². The lowest BCUT2D eigenvalue weighted by atomic mass is 10.3. The number of aromatic nitrogens is 4. The van der Waals surface area contributed by atoms with Gasteiger partial charge in [-0.3, -0.25) is 4.90 Å². The molecule has 1 fully saturated rings. The van der Waals surface area contributed by atoms with Crippen LogP contribution in [0, 0.1) is 6.92 Å². The van der Waals surface area contributed by atoms with E-state index in [4.69, 9.17) is 4.74 Å². The number of aryl methyl sites for hydroxylation is 1. The molecule has 1 N–H and O–H groups in total. The van der Waals surface area contributed by atoms with Gasteiger partial charge in [-0.05, 0) is 19.1 Å². The molecule has 7 nitrogen and oxygen atoms in total. The first-order chi connectivity index (χ1) is 12.3. The van der Waals surface area contributed by atoms with E-state index in [1.54, 1.807) is 0 Å². The van der Waals surface area contributed by atoms with Gasteiger partial charge >= 0.3 is 0 Å². The molecule has 7 heteroatoms. The van der Waals surface area contributed by atoms with Gasteiger partial charge in [0, 0.05) is 26.2 Å². The molecule has 0 amide bonds. The molecule has 0 aliphatic carbocycles. The number of benzene rings is 1. The minimum Gasteiger partial charge on any atom is -0.379 e. The van der Waals surface area contributed by atoms with Crippen LogP contribution in [0.1, 0.15) is 5.82 Å². The highest BCUT2D eigenvalue weighted by Gasteiger charge is 2.14. The summed E-state index contributed by atoms with van der Waals surface area (Å²) in [6, 6.07) is 10.0. The SMILES string of the molecule is Cc1nc(NCCN2CCOCC2)c2cnn(-c3ccccc3)c2n1. The molecule has 1 aromatic carbocycles. The van der Waals surface area contributed by atoms with Crippen molar-refractivity contribution in [2.45, 2.75) is 6.92 Å². The van der Waals surface area contributed by atoms with Crippen LogP contribution in [0.3, 0.4) is 0 Å². The van der Waals surface area contributed by atoms with E-state index in [1.165, 1.54) is 0 Å². The Hall–Kier alpha value is -2.51. The van der Waals surface area contributed by atoms with Gasteiger partial charge < -0.3 is 10.1 Å². The summed E-state index contributed by atoms with van der Waals surface area (Å²) in [5, 5.41) is 8.91. The lowest BCUT2D eigenvalue weighted by Crippen LogP contribution is -2.39. The van der Waals surface area contributed by atoms with Gasteiger partial charge in [0.05, 0.1) is 30.5 Å². The zero-order chi connectivity index (χ0) is 17.1. The first-order valence-electron chi connectivity index (χ1n) is 8.63. The minimum atomic E-state index is 0.735. The van der Waals surface area contributed by atoms with Crippen molar-refractivity contribution in [2.75, 3.05) is 44.7 Å². The Morgan fingerprint density at radius 2 is 1.92 bits per heavy atom. The van der Waals surface area contributed by atoms with Gasteiger partial charge in [-0.25, -0.2) is 14.6 Å². The van der Waals surface area contributed by atoms with E-state index in [9.17, 15) is 0 Å². The summed E-state index contributed by atoms with van der Waals surface area (Å²) in [5.74, 6) is 1.58. The summed E-state index contributed by atoms with van der Waals surface area (Å²) in [6.07, 6.45) is 1.83. The molecule has 1 aliphatic rings. The molecule has 1 aliphatic heterocycles. The second-order valence-corrected chi connectivity index (χ2v) is 6.13. The van der Waals surface area contributed by atoms with E-state index in [0.717, 1.165) is 67.8 Å². The Morgan fingerprint density at radius 1 is 1.12 bits per heavy atom. The number of hydrogen-bond acceptors (Lipinski definition) is 6. The minimum absolute atomic E-state index is 0.735. The van der Waals surface area contributed by atoms with Crippen molar-refractivity contribution in [3.63, 3.8) is 0 Å². The molecule has 0 saturated carbocycles. The first kappa shape index (κ1) is 16.0. The highest BCUT2D eigenvalue weighted by molar-refractivity contribution is 5.87. The number of para-hydroxylation sites is 1. The summed E-state index contributed by atoms with van der Waals surface area (Å²) >= 11 is 0. The number of hydrogen-bond donors (Lipinski definition) is 1. The van der Waals surface area contributed by atoms with Gasteiger partial charge in [-0.1, -0.05) is 18.2 Å². The first-order valence-corrected chi connectivity index (χ1v) is 8.63. The van der Waals surface area contributed by atoms with E-state index in [2.05, 4.69) is 25.3 Å². The normalized spacial score (nSPS) is 15.6. The molecule has 0 spiro atoms. The number of ether oxygens (including phenoxy) is 1. The molecule has 0 radical (unpaired) electrons. The molecule has 0 unspecified atom stereocenters. The zero-order valence-electron chi connectivity index (χ0n) is 14.4. The summed E-state index contributed by atoms with van der Waals surface area (Å²) < 4.78 is 7.25. The van der Waals surface area contributed by atoms with Crippen LogP contribution in [-0.2, 0) is 4.74 Å². The average Bonchev–Trinajstić information content (AvgIpc) is 3.07. The predicted octanol–water partition coefficient (Wildman–Crippen LogP) is 1.87. The fraction of sp³-hybridized carbons (Fsp3) is 0.389. The molecule has 2 aromatic heterocycles. The number of nitrogens with zero attached hydrogens (tertiary/aromatic N) is 5. The summed E-state index contributed by atoms with van der Waals surface area (Å²) in [4.78, 5) is 11.6. The van der Waals surface area contributed by atoms with Gasteiger partial charge in [-0.15, -0.1) is 0 Å². The van der Waals surface area contributed by atoms with Gasteiger partial charge in [0.2, 0.25) is 0 Å². The number of anilines is 1. The van der Waals surface area contributed by atoms with Crippen molar-refractivity contribution in [3.05, 3.63) is 42.4 Å². The highest BCUT2D eigenvalue weighted by atomic mass is 16.5. The quantitative estimate of drug-likeness (QED) is 0.766. The van der Waals surface area contributed by atoms with Gasteiger partial charge in [0.15, 0.2) is 5.65 Å². The molecular formula is C18H22N6O. The van der Waals surface area contributed by atoms with E-state index >= 15 is 0 Å². The molecule has 1 saturated heterocycles. The van der Waals surface area contributed by atoms with Crippen molar-refractivity contribution in [1.82, 2.24) is 24.6 Å². The van der Waals surface area contributed by atoms with Crippen LogP contribution in [0.4, 0.5) is 5.82 Å². The Kier molecular flexibility index (Phi) is 4.58. The molecule has 3 aromatic rings. The van der Waals surface area contributed by atoms with Crippen molar-refractivity contribution >= 4 is 16.9 Å². The van der Waals surface area contributed by atoms with E-state index in [-0.39, 0.29) is 0 Å². The van der Waals surface area contributed by atoms with E-state index in [0.29, 0.717) is 0 Å². The smallest absolute Gasteiger partial charge is 0.168 e. The fourth-order valence-corrected chi connectivity index (χ4v) is 3.07. The third kappa shape index (κ3) is 3.47. The molecule has 0 atom stereocenters. The third-order valence-electron chi connectivity index (χ3n) is 4.37. The summed E-state index contributed by atoms with van der Waals surface area (Å²) in [7, 11) is 0. The largest absolute Gasteiger partial charge is 0.379 e. The van der Waals surface area contributed by atoms with Crippen molar-refractivity contribution in [1.29, 1.82) is 0 Å². The lowest BCUT2D eigenvalue weighted by Gasteiger charge is -2.26. The van der Waals surface area contributed by atoms with Crippen LogP contribution >= 0.6 is 0 Å². The second-order valence-electron chi connectivity index (χ2n) is 6.13. The van der Waals surface area contributed by atoms with E-state index < -0.39 is 0 Å². The van der Waals surface area contributed by atoms with Crippen LogP contribution in [0.15, 0.2) is 36.5 Å². The monoisotopic (exact) mass is 338 g/mol. The molecule has 3 heterocycles. The standard InChI is InChI=1S/C18H22N6O/c1-14-21-17(19-7-8-23-9-11-25-12-10-23)16-13-20-24(18(16)22-14)15-5-3-2-4-6-15/h2-6,13H,7-12H2,1H3,(H,19,21,22). The molecule has 130 valence electrons. The van der Waals surface area contributed by atoms with Crippen LogP contribution in [0.25, 0.3) is 16.7 Å². The summed E-state index contributed by atoms with van der Waals surface area (Å²) in [5.41, 5.74) is 1.82. The Labute approximate surface area is 146 Å². The maximum Gasteiger partial charge on any atom is 0.168 e. The van der Waals surface area contributed by atoms with Crippen LogP contribution in [-0.4, -0.2) is 64.0 Å². The Morgan fingerprint density at radius 3 is 2.72 bits per heavy atom. The lowest BCUT2D eigenvalue weighted by molar-refractivity contribution is 0.0398. The van der Waals surface area contributed by atoms with Crippen LogP contribution < -0.4 is 5.32 Å².